The molecule has 22 heavy (non-hydrogen) atoms. The van der Waals surface area contributed by atoms with Gasteiger partial charge in [-0.1, -0.05) is 19.1 Å². The first-order valence-corrected chi connectivity index (χ1v) is 8.55. The average Bonchev–Trinajstić information content (AvgIpc) is 2.89. The van der Waals surface area contributed by atoms with Gasteiger partial charge in [0.25, 0.3) is 0 Å². The Kier molecular flexibility index (Phi) is 4.86. The van der Waals surface area contributed by atoms with Crippen LogP contribution in [0.1, 0.15) is 40.6 Å². The third-order valence-corrected chi connectivity index (χ3v) is 5.22. The lowest BCUT2D eigenvalue weighted by molar-refractivity contribution is 0.174. The topological polar surface area (TPSA) is 45.2 Å². The summed E-state index contributed by atoms with van der Waals surface area (Å²) in [6, 6.07) is 5.97. The number of aliphatic hydroxyl groups is 1. The van der Waals surface area contributed by atoms with Gasteiger partial charge < -0.3 is 10.4 Å². The van der Waals surface area contributed by atoms with Crippen LogP contribution in [-0.4, -0.2) is 16.6 Å². The first-order valence-electron chi connectivity index (χ1n) is 7.73. The van der Waals surface area contributed by atoms with Gasteiger partial charge in [-0.15, -0.1) is 11.3 Å². The fraction of sp³-hybridized carbons (Fsp3) is 0.471. The number of hydrogen-bond acceptors (Lipinski definition) is 4. The molecular formula is C17H21FN2OS. The van der Waals surface area contributed by atoms with Gasteiger partial charge in [0.15, 0.2) is 0 Å². The van der Waals surface area contributed by atoms with Gasteiger partial charge in [-0.05, 0) is 42.9 Å². The first kappa shape index (κ1) is 15.6. The fourth-order valence-electron chi connectivity index (χ4n) is 2.79. The van der Waals surface area contributed by atoms with Crippen molar-refractivity contribution in [2.24, 2.45) is 5.92 Å². The Bertz CT molecular complexity index is 626. The standard InChI is InChI=1S/C17H21FN2OS/c1-11-2-7-14-16(8-11)22-17(20-14)10-19-9-15(21)12-3-5-13(18)6-4-12/h3-6,11,15,19,21H,2,7-10H2,1H3. The maximum absolute atomic E-state index is 12.9. The van der Waals surface area contributed by atoms with Crippen LogP contribution in [0.4, 0.5) is 4.39 Å². The molecule has 0 amide bonds. The van der Waals surface area contributed by atoms with Crippen LogP contribution >= 0.6 is 11.3 Å². The zero-order valence-electron chi connectivity index (χ0n) is 12.7. The van der Waals surface area contributed by atoms with E-state index in [-0.39, 0.29) is 5.82 Å². The van der Waals surface area contributed by atoms with Crippen LogP contribution in [0.2, 0.25) is 0 Å². The Morgan fingerprint density at radius 3 is 2.95 bits per heavy atom. The molecule has 2 N–H and O–H groups in total. The minimum atomic E-state index is -0.629. The number of aryl methyl sites for hydroxylation is 1. The van der Waals surface area contributed by atoms with Crippen molar-refractivity contribution in [3.63, 3.8) is 0 Å². The lowest BCUT2D eigenvalue weighted by Gasteiger charge is -2.15. The summed E-state index contributed by atoms with van der Waals surface area (Å²) in [5.74, 6) is 0.473. The molecule has 118 valence electrons. The van der Waals surface area contributed by atoms with Crippen molar-refractivity contribution in [3.8, 4) is 0 Å². The molecule has 0 bridgehead atoms. The van der Waals surface area contributed by atoms with E-state index < -0.39 is 6.10 Å². The van der Waals surface area contributed by atoms with E-state index >= 15 is 0 Å². The Hall–Kier alpha value is -1.30. The molecule has 2 unspecified atom stereocenters. The highest BCUT2D eigenvalue weighted by Crippen LogP contribution is 2.29. The maximum atomic E-state index is 12.9. The zero-order valence-corrected chi connectivity index (χ0v) is 13.5. The predicted octanol–water partition coefficient (Wildman–Crippen LogP) is 3.23. The van der Waals surface area contributed by atoms with Crippen LogP contribution in [0.5, 0.6) is 0 Å². The summed E-state index contributed by atoms with van der Waals surface area (Å²) in [6.07, 6.45) is 2.83. The van der Waals surface area contributed by atoms with Crippen molar-refractivity contribution in [2.75, 3.05) is 6.54 Å². The van der Waals surface area contributed by atoms with Gasteiger partial charge in [0.05, 0.1) is 11.8 Å². The fourth-order valence-corrected chi connectivity index (χ4v) is 4.04. The second-order valence-corrected chi connectivity index (χ2v) is 7.19. The van der Waals surface area contributed by atoms with Crippen LogP contribution in [0, 0.1) is 11.7 Å². The monoisotopic (exact) mass is 320 g/mol. The van der Waals surface area contributed by atoms with Gasteiger partial charge in [-0.2, -0.15) is 0 Å². The molecule has 0 spiro atoms. The van der Waals surface area contributed by atoms with Gasteiger partial charge in [-0.3, -0.25) is 0 Å². The van der Waals surface area contributed by atoms with E-state index in [0.717, 1.165) is 29.3 Å². The molecule has 0 aliphatic heterocycles. The second kappa shape index (κ2) is 6.86. The number of nitrogens with one attached hydrogen (secondary N) is 1. The summed E-state index contributed by atoms with van der Waals surface area (Å²) < 4.78 is 12.9. The summed E-state index contributed by atoms with van der Waals surface area (Å²) in [4.78, 5) is 6.12. The molecule has 0 radical (unpaired) electrons. The summed E-state index contributed by atoms with van der Waals surface area (Å²) in [5, 5.41) is 14.4. The van der Waals surface area contributed by atoms with Crippen molar-refractivity contribution >= 4 is 11.3 Å². The van der Waals surface area contributed by atoms with Crippen molar-refractivity contribution in [1.29, 1.82) is 0 Å². The number of halogens is 1. The van der Waals surface area contributed by atoms with Crippen molar-refractivity contribution in [2.45, 2.75) is 38.8 Å². The highest BCUT2D eigenvalue weighted by molar-refractivity contribution is 7.11. The molecule has 1 aliphatic rings. The van der Waals surface area contributed by atoms with Crippen molar-refractivity contribution in [1.82, 2.24) is 10.3 Å². The maximum Gasteiger partial charge on any atom is 0.123 e. The molecule has 2 aromatic rings. The van der Waals surface area contributed by atoms with E-state index in [1.54, 1.807) is 23.5 Å². The van der Waals surface area contributed by atoms with E-state index in [2.05, 4.69) is 12.2 Å². The third kappa shape index (κ3) is 3.72. The molecule has 2 atom stereocenters. The molecule has 5 heteroatoms. The van der Waals surface area contributed by atoms with E-state index in [0.29, 0.717) is 13.1 Å². The summed E-state index contributed by atoms with van der Waals surface area (Å²) in [6.45, 7) is 3.40. The Labute approximate surface area is 134 Å². The first-order chi connectivity index (χ1) is 10.6. The normalized spacial score (nSPS) is 19.0. The number of hydrogen-bond donors (Lipinski definition) is 2. The van der Waals surface area contributed by atoms with Crippen LogP contribution in [0.25, 0.3) is 0 Å². The lowest BCUT2D eigenvalue weighted by Crippen LogP contribution is -2.21. The number of fused-ring (bicyclic) bond motifs is 1. The third-order valence-electron chi connectivity index (χ3n) is 4.10. The molecule has 0 saturated heterocycles. The number of nitrogens with zero attached hydrogens (tertiary/aromatic N) is 1. The largest absolute Gasteiger partial charge is 0.387 e. The Morgan fingerprint density at radius 1 is 1.41 bits per heavy atom. The van der Waals surface area contributed by atoms with Crippen LogP contribution in [-0.2, 0) is 19.4 Å². The Balaban J connectivity index is 1.52. The van der Waals surface area contributed by atoms with Crippen LogP contribution in [0.15, 0.2) is 24.3 Å². The van der Waals surface area contributed by atoms with Crippen molar-refractivity contribution in [3.05, 3.63) is 51.2 Å². The quantitative estimate of drug-likeness (QED) is 0.889. The Morgan fingerprint density at radius 2 is 2.18 bits per heavy atom. The summed E-state index contributed by atoms with van der Waals surface area (Å²) in [7, 11) is 0. The molecule has 1 aromatic heterocycles. The van der Waals surface area contributed by atoms with Gasteiger partial charge in [-0.25, -0.2) is 9.37 Å². The number of aliphatic hydroxyl groups excluding tert-OH is 1. The molecule has 3 rings (SSSR count). The molecule has 1 heterocycles. The number of aromatic nitrogens is 1. The molecule has 0 fully saturated rings. The summed E-state index contributed by atoms with van der Waals surface area (Å²) in [5.41, 5.74) is 1.99. The summed E-state index contributed by atoms with van der Waals surface area (Å²) >= 11 is 1.78. The number of benzene rings is 1. The molecule has 1 aromatic carbocycles. The van der Waals surface area contributed by atoms with Crippen LogP contribution < -0.4 is 5.32 Å². The minimum absolute atomic E-state index is 0.286. The number of thiazole rings is 1. The highest BCUT2D eigenvalue weighted by Gasteiger charge is 2.19. The van der Waals surface area contributed by atoms with Crippen molar-refractivity contribution < 1.29 is 9.50 Å². The zero-order chi connectivity index (χ0) is 15.5. The second-order valence-electron chi connectivity index (χ2n) is 6.02. The predicted molar refractivity (Wildman–Crippen MR) is 86.4 cm³/mol. The van der Waals surface area contributed by atoms with Gasteiger partial charge in [0, 0.05) is 18.0 Å². The van der Waals surface area contributed by atoms with Gasteiger partial charge in [0.2, 0.25) is 0 Å². The molecule has 0 saturated carbocycles. The van der Waals surface area contributed by atoms with Gasteiger partial charge >= 0.3 is 0 Å². The van der Waals surface area contributed by atoms with E-state index in [1.807, 2.05) is 0 Å². The smallest absolute Gasteiger partial charge is 0.123 e. The van der Waals surface area contributed by atoms with Gasteiger partial charge in [0.1, 0.15) is 10.8 Å². The van der Waals surface area contributed by atoms with Crippen LogP contribution in [0.3, 0.4) is 0 Å². The van der Waals surface area contributed by atoms with E-state index in [1.165, 1.54) is 29.1 Å². The minimum Gasteiger partial charge on any atom is -0.387 e. The van der Waals surface area contributed by atoms with E-state index in [9.17, 15) is 9.50 Å². The lowest BCUT2D eigenvalue weighted by atomic mass is 9.93. The number of rotatable bonds is 5. The van der Waals surface area contributed by atoms with E-state index in [4.69, 9.17) is 4.98 Å². The SMILES string of the molecule is CC1CCc2nc(CNCC(O)c3ccc(F)cc3)sc2C1. The molecule has 3 nitrogen and oxygen atoms in total. The molecular weight excluding hydrogens is 299 g/mol. The molecule has 1 aliphatic carbocycles. The highest BCUT2D eigenvalue weighted by atomic mass is 32.1. The average molecular weight is 320 g/mol.